The van der Waals surface area contributed by atoms with Crippen molar-refractivity contribution < 1.29 is 9.66 Å². The van der Waals surface area contributed by atoms with E-state index in [-0.39, 0.29) is 5.69 Å². The predicted octanol–water partition coefficient (Wildman–Crippen LogP) is 2.30. The SMILES string of the molecule is CNCCC1CCN(CCOc2ccccc2[N+](=O)[O-])CC1. The number of hydrogen-bond acceptors (Lipinski definition) is 5. The van der Waals surface area contributed by atoms with Crippen molar-refractivity contribution in [3.8, 4) is 5.75 Å². The summed E-state index contributed by atoms with van der Waals surface area (Å²) in [5.41, 5.74) is 0.0354. The van der Waals surface area contributed by atoms with E-state index in [0.29, 0.717) is 12.4 Å². The van der Waals surface area contributed by atoms with Crippen molar-refractivity contribution >= 4 is 5.69 Å². The van der Waals surface area contributed by atoms with Gasteiger partial charge in [-0.05, 0) is 57.9 Å². The lowest BCUT2D eigenvalue weighted by atomic mass is 9.93. The molecule has 122 valence electrons. The summed E-state index contributed by atoms with van der Waals surface area (Å²) in [5.74, 6) is 1.18. The fourth-order valence-electron chi connectivity index (χ4n) is 2.86. The summed E-state index contributed by atoms with van der Waals surface area (Å²) in [7, 11) is 2.00. The molecule has 1 N–H and O–H groups in total. The second-order valence-corrected chi connectivity index (χ2v) is 5.75. The molecule has 22 heavy (non-hydrogen) atoms. The van der Waals surface area contributed by atoms with Gasteiger partial charge in [-0.25, -0.2) is 0 Å². The van der Waals surface area contributed by atoms with E-state index in [2.05, 4.69) is 10.2 Å². The Morgan fingerprint density at radius 2 is 2.09 bits per heavy atom. The number of ether oxygens (including phenoxy) is 1. The number of benzene rings is 1. The van der Waals surface area contributed by atoms with Gasteiger partial charge < -0.3 is 10.1 Å². The standard InChI is InChI=1S/C16H25N3O3/c1-17-9-6-14-7-10-18(11-8-14)12-13-22-16-5-3-2-4-15(16)19(20)21/h2-5,14,17H,6-13H2,1H3. The Balaban J connectivity index is 1.71. The van der Waals surface area contributed by atoms with Gasteiger partial charge in [-0.3, -0.25) is 15.0 Å². The number of nitrogens with one attached hydrogen (secondary N) is 1. The molecule has 0 spiro atoms. The second-order valence-electron chi connectivity index (χ2n) is 5.75. The maximum absolute atomic E-state index is 10.9. The highest BCUT2D eigenvalue weighted by atomic mass is 16.6. The molecule has 2 rings (SSSR count). The Labute approximate surface area is 131 Å². The number of hydrogen-bond donors (Lipinski definition) is 1. The number of nitro benzene ring substituents is 1. The number of likely N-dealkylation sites (tertiary alicyclic amines) is 1. The van der Waals surface area contributed by atoms with Gasteiger partial charge in [0.05, 0.1) is 4.92 Å². The quantitative estimate of drug-likeness (QED) is 0.589. The molecule has 1 aromatic rings. The van der Waals surface area contributed by atoms with E-state index in [9.17, 15) is 10.1 Å². The van der Waals surface area contributed by atoms with Crippen LogP contribution in [0.3, 0.4) is 0 Å². The summed E-state index contributed by atoms with van der Waals surface area (Å²) >= 11 is 0. The molecule has 0 amide bonds. The molecule has 1 heterocycles. The summed E-state index contributed by atoms with van der Waals surface area (Å²) < 4.78 is 5.60. The first-order valence-electron chi connectivity index (χ1n) is 7.94. The molecule has 1 aliphatic rings. The lowest BCUT2D eigenvalue weighted by Gasteiger charge is -2.31. The van der Waals surface area contributed by atoms with E-state index in [1.807, 2.05) is 7.05 Å². The molecule has 0 aromatic heterocycles. The molecule has 1 saturated heterocycles. The Morgan fingerprint density at radius 1 is 1.36 bits per heavy atom. The van der Waals surface area contributed by atoms with Crippen molar-refractivity contribution in [1.82, 2.24) is 10.2 Å². The molecular formula is C16H25N3O3. The van der Waals surface area contributed by atoms with Crippen molar-refractivity contribution in [3.63, 3.8) is 0 Å². The number of nitro groups is 1. The van der Waals surface area contributed by atoms with Gasteiger partial charge in [0.15, 0.2) is 5.75 Å². The van der Waals surface area contributed by atoms with Crippen LogP contribution in [0.1, 0.15) is 19.3 Å². The topological polar surface area (TPSA) is 67.6 Å². The van der Waals surface area contributed by atoms with Crippen LogP contribution in [0, 0.1) is 16.0 Å². The maximum atomic E-state index is 10.9. The fourth-order valence-corrected chi connectivity index (χ4v) is 2.86. The summed E-state index contributed by atoms with van der Waals surface area (Å²) in [4.78, 5) is 12.9. The molecular weight excluding hydrogens is 282 g/mol. The third-order valence-electron chi connectivity index (χ3n) is 4.24. The third kappa shape index (κ3) is 4.96. The van der Waals surface area contributed by atoms with Gasteiger partial charge in [0.2, 0.25) is 0 Å². The van der Waals surface area contributed by atoms with E-state index < -0.39 is 4.92 Å². The Morgan fingerprint density at radius 3 is 2.77 bits per heavy atom. The van der Waals surface area contributed by atoms with Crippen molar-refractivity contribution in [3.05, 3.63) is 34.4 Å². The molecule has 6 nitrogen and oxygen atoms in total. The van der Waals surface area contributed by atoms with Gasteiger partial charge in [-0.2, -0.15) is 0 Å². The van der Waals surface area contributed by atoms with Crippen LogP contribution in [0.25, 0.3) is 0 Å². The lowest BCUT2D eigenvalue weighted by Crippen LogP contribution is -2.37. The minimum Gasteiger partial charge on any atom is -0.485 e. The highest BCUT2D eigenvalue weighted by Crippen LogP contribution is 2.26. The normalized spacial score (nSPS) is 16.6. The molecule has 1 aromatic carbocycles. The molecule has 0 unspecified atom stereocenters. The smallest absolute Gasteiger partial charge is 0.310 e. The summed E-state index contributed by atoms with van der Waals surface area (Å²) in [6.45, 7) is 4.59. The van der Waals surface area contributed by atoms with Crippen LogP contribution < -0.4 is 10.1 Å². The van der Waals surface area contributed by atoms with Gasteiger partial charge in [0.25, 0.3) is 0 Å². The summed E-state index contributed by atoms with van der Waals surface area (Å²) in [5, 5.41) is 14.1. The van der Waals surface area contributed by atoms with E-state index in [4.69, 9.17) is 4.74 Å². The predicted molar refractivity (Wildman–Crippen MR) is 86.3 cm³/mol. The van der Waals surface area contributed by atoms with Crippen molar-refractivity contribution in [2.75, 3.05) is 39.8 Å². The van der Waals surface area contributed by atoms with Crippen LogP contribution in [0.15, 0.2) is 24.3 Å². The van der Waals surface area contributed by atoms with Crippen LogP contribution in [-0.2, 0) is 0 Å². The zero-order valence-electron chi connectivity index (χ0n) is 13.2. The van der Waals surface area contributed by atoms with E-state index in [1.54, 1.807) is 18.2 Å². The molecule has 0 aliphatic carbocycles. The Bertz CT molecular complexity index is 473. The highest BCUT2D eigenvalue weighted by molar-refractivity contribution is 5.45. The van der Waals surface area contributed by atoms with Gasteiger partial charge in [0.1, 0.15) is 6.61 Å². The molecule has 0 radical (unpaired) electrons. The zero-order valence-corrected chi connectivity index (χ0v) is 13.2. The van der Waals surface area contributed by atoms with Crippen molar-refractivity contribution in [1.29, 1.82) is 0 Å². The average Bonchev–Trinajstić information content (AvgIpc) is 2.54. The van der Waals surface area contributed by atoms with Crippen LogP contribution in [0.2, 0.25) is 0 Å². The third-order valence-corrected chi connectivity index (χ3v) is 4.24. The number of piperidine rings is 1. The average molecular weight is 307 g/mol. The molecule has 0 atom stereocenters. The largest absolute Gasteiger partial charge is 0.485 e. The molecule has 0 saturated carbocycles. The Hall–Kier alpha value is -1.66. The fraction of sp³-hybridized carbons (Fsp3) is 0.625. The summed E-state index contributed by atoms with van der Waals surface area (Å²) in [6.07, 6.45) is 3.71. The van der Waals surface area contributed by atoms with Crippen molar-refractivity contribution in [2.24, 2.45) is 5.92 Å². The monoisotopic (exact) mass is 307 g/mol. The van der Waals surface area contributed by atoms with Crippen LogP contribution in [0.4, 0.5) is 5.69 Å². The Kier molecular flexibility index (Phi) is 6.61. The van der Waals surface area contributed by atoms with E-state index in [0.717, 1.165) is 32.1 Å². The molecule has 6 heteroatoms. The van der Waals surface area contributed by atoms with Crippen molar-refractivity contribution in [2.45, 2.75) is 19.3 Å². The minimum absolute atomic E-state index is 0.0354. The van der Waals surface area contributed by atoms with Gasteiger partial charge in [0, 0.05) is 12.6 Å². The summed E-state index contributed by atoms with van der Waals surface area (Å²) in [6, 6.07) is 6.54. The van der Waals surface area contributed by atoms with Gasteiger partial charge in [-0.1, -0.05) is 12.1 Å². The number of nitrogens with zero attached hydrogens (tertiary/aromatic N) is 2. The van der Waals surface area contributed by atoms with Crippen LogP contribution >= 0.6 is 0 Å². The number of rotatable bonds is 8. The number of para-hydroxylation sites is 2. The lowest BCUT2D eigenvalue weighted by molar-refractivity contribution is -0.385. The van der Waals surface area contributed by atoms with E-state index in [1.165, 1.54) is 25.3 Å². The van der Waals surface area contributed by atoms with E-state index >= 15 is 0 Å². The van der Waals surface area contributed by atoms with Crippen LogP contribution in [-0.4, -0.2) is 49.7 Å². The highest BCUT2D eigenvalue weighted by Gasteiger charge is 2.19. The maximum Gasteiger partial charge on any atom is 0.310 e. The van der Waals surface area contributed by atoms with Gasteiger partial charge in [-0.15, -0.1) is 0 Å². The van der Waals surface area contributed by atoms with Gasteiger partial charge >= 0.3 is 5.69 Å². The zero-order chi connectivity index (χ0) is 15.8. The first-order chi connectivity index (χ1) is 10.7. The second kappa shape index (κ2) is 8.70. The first-order valence-corrected chi connectivity index (χ1v) is 7.94. The van der Waals surface area contributed by atoms with Crippen LogP contribution in [0.5, 0.6) is 5.75 Å². The molecule has 1 aliphatic heterocycles. The first kappa shape index (κ1) is 16.7. The minimum atomic E-state index is -0.400. The molecule has 1 fully saturated rings. The molecule has 0 bridgehead atoms.